The van der Waals surface area contributed by atoms with Crippen molar-refractivity contribution in [2.24, 2.45) is 0 Å². The minimum absolute atomic E-state index is 0.853. The summed E-state index contributed by atoms with van der Waals surface area (Å²) in [6, 6.07) is 6.05. The van der Waals surface area contributed by atoms with E-state index in [0.717, 1.165) is 17.8 Å². The van der Waals surface area contributed by atoms with E-state index < -0.39 is 0 Å². The molecule has 0 radical (unpaired) electrons. The highest BCUT2D eigenvalue weighted by atomic mass is 14.8. The molecule has 2 heteroatoms. The first-order chi connectivity index (χ1) is 6.24. The van der Waals surface area contributed by atoms with Gasteiger partial charge in [0, 0.05) is 12.2 Å². The van der Waals surface area contributed by atoms with Gasteiger partial charge in [0.15, 0.2) is 0 Å². The molecule has 0 saturated heterocycles. The minimum atomic E-state index is 0.853. The fraction of sp³-hybridized carbons (Fsp3) is 0.273. The van der Waals surface area contributed by atoms with Crippen LogP contribution in [0.5, 0.6) is 0 Å². The van der Waals surface area contributed by atoms with E-state index >= 15 is 0 Å². The lowest BCUT2D eigenvalue weighted by atomic mass is 10.1. The maximum atomic E-state index is 5.71. The quantitative estimate of drug-likeness (QED) is 0.689. The molecule has 0 heterocycles. The predicted molar refractivity (Wildman–Crippen MR) is 58.6 cm³/mol. The van der Waals surface area contributed by atoms with Crippen LogP contribution in [0.2, 0.25) is 0 Å². The lowest BCUT2D eigenvalue weighted by Crippen LogP contribution is -2.03. The molecule has 13 heavy (non-hydrogen) atoms. The number of nitrogens with two attached hydrogens (primary N) is 1. The Kier molecular flexibility index (Phi) is 3.53. The highest BCUT2D eigenvalue weighted by molar-refractivity contribution is 5.57. The number of hydrogen-bond donors (Lipinski definition) is 2. The molecule has 2 nitrogen and oxygen atoms in total. The van der Waals surface area contributed by atoms with Gasteiger partial charge in [-0.15, -0.1) is 0 Å². The summed E-state index contributed by atoms with van der Waals surface area (Å²) in [5.41, 5.74) is 8.89. The van der Waals surface area contributed by atoms with Gasteiger partial charge in [0.25, 0.3) is 0 Å². The standard InChI is InChI=1S/C11H16N2/c1-9-8-10(4-3-7-13-2)5-6-11(9)12/h3-6,8,13H,7,12H2,1-2H3. The Bertz CT molecular complexity index is 303. The molecular weight excluding hydrogens is 160 g/mol. The molecular formula is C11H16N2. The molecule has 0 aromatic heterocycles. The lowest BCUT2D eigenvalue weighted by Gasteiger charge is -2.00. The largest absolute Gasteiger partial charge is 0.399 e. The van der Waals surface area contributed by atoms with Crippen molar-refractivity contribution < 1.29 is 0 Å². The molecule has 0 aliphatic carbocycles. The molecule has 1 aromatic carbocycles. The maximum Gasteiger partial charge on any atom is 0.0344 e. The minimum Gasteiger partial charge on any atom is -0.399 e. The first kappa shape index (κ1) is 9.81. The number of likely N-dealkylation sites (N-methyl/N-ethyl adjacent to an activating group) is 1. The number of benzene rings is 1. The van der Waals surface area contributed by atoms with Gasteiger partial charge in [0.2, 0.25) is 0 Å². The van der Waals surface area contributed by atoms with Gasteiger partial charge in [0.1, 0.15) is 0 Å². The van der Waals surface area contributed by atoms with E-state index in [1.807, 2.05) is 26.1 Å². The van der Waals surface area contributed by atoms with Crippen molar-refractivity contribution in [2.45, 2.75) is 6.92 Å². The third-order valence-corrected chi connectivity index (χ3v) is 1.93. The Morgan fingerprint density at radius 2 is 2.23 bits per heavy atom. The molecule has 0 fully saturated rings. The van der Waals surface area contributed by atoms with Crippen LogP contribution in [0.25, 0.3) is 6.08 Å². The number of rotatable bonds is 3. The molecule has 0 aliphatic heterocycles. The van der Waals surface area contributed by atoms with Crippen LogP contribution in [-0.4, -0.2) is 13.6 Å². The number of nitrogen functional groups attached to an aromatic ring is 1. The van der Waals surface area contributed by atoms with E-state index in [1.165, 1.54) is 5.56 Å². The molecule has 0 bridgehead atoms. The van der Waals surface area contributed by atoms with Crippen molar-refractivity contribution >= 4 is 11.8 Å². The van der Waals surface area contributed by atoms with Crippen LogP contribution >= 0.6 is 0 Å². The maximum absolute atomic E-state index is 5.71. The molecule has 0 amide bonds. The van der Waals surface area contributed by atoms with Crippen molar-refractivity contribution in [2.75, 3.05) is 19.3 Å². The first-order valence-electron chi connectivity index (χ1n) is 4.41. The zero-order valence-electron chi connectivity index (χ0n) is 8.17. The third-order valence-electron chi connectivity index (χ3n) is 1.93. The summed E-state index contributed by atoms with van der Waals surface area (Å²) in [4.78, 5) is 0. The van der Waals surface area contributed by atoms with Crippen molar-refractivity contribution in [1.29, 1.82) is 0 Å². The Labute approximate surface area is 79.5 Å². The van der Waals surface area contributed by atoms with Crippen molar-refractivity contribution in [3.8, 4) is 0 Å². The molecule has 0 aliphatic rings. The Morgan fingerprint density at radius 1 is 1.46 bits per heavy atom. The van der Waals surface area contributed by atoms with Gasteiger partial charge in [-0.3, -0.25) is 0 Å². The Morgan fingerprint density at radius 3 is 2.85 bits per heavy atom. The third kappa shape index (κ3) is 2.92. The molecule has 0 spiro atoms. The smallest absolute Gasteiger partial charge is 0.0344 e. The van der Waals surface area contributed by atoms with Gasteiger partial charge in [-0.1, -0.05) is 24.3 Å². The fourth-order valence-corrected chi connectivity index (χ4v) is 1.12. The topological polar surface area (TPSA) is 38.0 Å². The molecule has 3 N–H and O–H groups in total. The van der Waals surface area contributed by atoms with Gasteiger partial charge in [-0.25, -0.2) is 0 Å². The number of nitrogens with one attached hydrogen (secondary N) is 1. The van der Waals surface area contributed by atoms with Gasteiger partial charge in [-0.05, 0) is 31.2 Å². The van der Waals surface area contributed by atoms with Gasteiger partial charge in [0.05, 0.1) is 0 Å². The zero-order valence-corrected chi connectivity index (χ0v) is 8.17. The molecule has 0 saturated carbocycles. The summed E-state index contributed by atoms with van der Waals surface area (Å²) >= 11 is 0. The summed E-state index contributed by atoms with van der Waals surface area (Å²) in [7, 11) is 1.93. The van der Waals surface area contributed by atoms with Gasteiger partial charge in [-0.2, -0.15) is 0 Å². The van der Waals surface area contributed by atoms with Crippen LogP contribution in [0.3, 0.4) is 0 Å². The Balaban J connectivity index is 2.73. The van der Waals surface area contributed by atoms with Crippen molar-refractivity contribution in [3.63, 3.8) is 0 Å². The zero-order chi connectivity index (χ0) is 9.68. The first-order valence-corrected chi connectivity index (χ1v) is 4.41. The second kappa shape index (κ2) is 4.67. The van der Waals surface area contributed by atoms with E-state index in [4.69, 9.17) is 5.73 Å². The summed E-state index contributed by atoms with van der Waals surface area (Å²) < 4.78 is 0. The van der Waals surface area contributed by atoms with Crippen LogP contribution in [0.15, 0.2) is 24.3 Å². The summed E-state index contributed by atoms with van der Waals surface area (Å²) in [5, 5.41) is 3.05. The van der Waals surface area contributed by atoms with Crippen LogP contribution < -0.4 is 11.1 Å². The summed E-state index contributed by atoms with van der Waals surface area (Å²) in [6.07, 6.45) is 4.17. The van der Waals surface area contributed by atoms with Gasteiger partial charge >= 0.3 is 0 Å². The fourth-order valence-electron chi connectivity index (χ4n) is 1.12. The molecule has 1 aromatic rings. The molecule has 0 atom stereocenters. The van der Waals surface area contributed by atoms with Gasteiger partial charge < -0.3 is 11.1 Å². The highest BCUT2D eigenvalue weighted by Gasteiger charge is 1.92. The second-order valence-corrected chi connectivity index (χ2v) is 3.08. The average molecular weight is 176 g/mol. The number of anilines is 1. The van der Waals surface area contributed by atoms with Crippen LogP contribution in [-0.2, 0) is 0 Å². The van der Waals surface area contributed by atoms with E-state index in [1.54, 1.807) is 0 Å². The lowest BCUT2D eigenvalue weighted by molar-refractivity contribution is 0.922. The van der Waals surface area contributed by atoms with E-state index in [9.17, 15) is 0 Å². The van der Waals surface area contributed by atoms with Crippen molar-refractivity contribution in [1.82, 2.24) is 5.32 Å². The Hall–Kier alpha value is -1.28. The van der Waals surface area contributed by atoms with Crippen LogP contribution in [0.1, 0.15) is 11.1 Å². The highest BCUT2D eigenvalue weighted by Crippen LogP contribution is 2.13. The molecule has 1 rings (SSSR count). The second-order valence-electron chi connectivity index (χ2n) is 3.08. The molecule has 70 valence electrons. The summed E-state index contributed by atoms with van der Waals surface area (Å²) in [5.74, 6) is 0. The molecule has 0 unspecified atom stereocenters. The van der Waals surface area contributed by atoms with Crippen LogP contribution in [0.4, 0.5) is 5.69 Å². The van der Waals surface area contributed by atoms with Crippen LogP contribution in [0, 0.1) is 6.92 Å². The van der Waals surface area contributed by atoms with E-state index in [2.05, 4.69) is 23.5 Å². The number of hydrogen-bond acceptors (Lipinski definition) is 2. The summed E-state index contributed by atoms with van der Waals surface area (Å²) in [6.45, 7) is 2.91. The van der Waals surface area contributed by atoms with E-state index in [-0.39, 0.29) is 0 Å². The van der Waals surface area contributed by atoms with Crippen molar-refractivity contribution in [3.05, 3.63) is 35.4 Å². The van der Waals surface area contributed by atoms with E-state index in [0.29, 0.717) is 0 Å². The normalized spacial score (nSPS) is 10.9. The average Bonchev–Trinajstić information content (AvgIpc) is 2.12. The predicted octanol–water partition coefficient (Wildman–Crippen LogP) is 1.81. The SMILES string of the molecule is CNCC=Cc1ccc(N)c(C)c1. The number of aryl methyl sites for hydroxylation is 1. The monoisotopic (exact) mass is 176 g/mol.